The number of halogens is 1. The number of carbonyl (C=O) groups is 1. The highest BCUT2D eigenvalue weighted by Crippen LogP contribution is 2.26. The summed E-state index contributed by atoms with van der Waals surface area (Å²) in [6.45, 7) is 5.28. The van der Waals surface area contributed by atoms with Crippen LogP contribution in [-0.4, -0.2) is 24.5 Å². The number of benzene rings is 2. The zero-order valence-electron chi connectivity index (χ0n) is 17.0. The van der Waals surface area contributed by atoms with Crippen LogP contribution in [0, 0.1) is 11.7 Å². The standard InChI is InChI=1S/C24H26FN3O/c1-18(2)16-28(24(29)22-11-4-5-12-23(22)25)21-10-6-9-20(14-21)27(3)17-19-8-7-13-26-15-19/h4-15,18H,16-17H2,1-3H3. The Bertz CT molecular complexity index is 959. The maximum Gasteiger partial charge on any atom is 0.261 e. The van der Waals surface area contributed by atoms with E-state index in [4.69, 9.17) is 0 Å². The second kappa shape index (κ2) is 9.32. The van der Waals surface area contributed by atoms with Crippen molar-refractivity contribution in [2.45, 2.75) is 20.4 Å². The van der Waals surface area contributed by atoms with E-state index >= 15 is 0 Å². The number of anilines is 2. The van der Waals surface area contributed by atoms with E-state index in [0.717, 1.165) is 16.9 Å². The molecule has 0 spiro atoms. The summed E-state index contributed by atoms with van der Waals surface area (Å²) in [7, 11) is 2.00. The Morgan fingerprint density at radius 1 is 1.03 bits per heavy atom. The van der Waals surface area contributed by atoms with Crippen LogP contribution >= 0.6 is 0 Å². The predicted molar refractivity (Wildman–Crippen MR) is 116 cm³/mol. The SMILES string of the molecule is CC(C)CN(C(=O)c1ccccc1F)c1cccc(N(C)Cc2cccnc2)c1. The first-order valence-corrected chi connectivity index (χ1v) is 9.72. The smallest absolute Gasteiger partial charge is 0.261 e. The maximum absolute atomic E-state index is 14.2. The van der Waals surface area contributed by atoms with Gasteiger partial charge in [0.2, 0.25) is 0 Å². The molecule has 150 valence electrons. The van der Waals surface area contributed by atoms with Crippen molar-refractivity contribution in [3.05, 3.63) is 90.0 Å². The molecular weight excluding hydrogens is 365 g/mol. The number of hydrogen-bond donors (Lipinski definition) is 0. The average molecular weight is 391 g/mol. The topological polar surface area (TPSA) is 36.4 Å². The molecule has 0 aliphatic rings. The van der Waals surface area contributed by atoms with E-state index in [-0.39, 0.29) is 17.4 Å². The molecule has 0 saturated carbocycles. The molecule has 2 aromatic carbocycles. The summed E-state index contributed by atoms with van der Waals surface area (Å²) < 4.78 is 14.2. The van der Waals surface area contributed by atoms with Crippen molar-refractivity contribution in [2.24, 2.45) is 5.92 Å². The van der Waals surface area contributed by atoms with Crippen LogP contribution in [0.5, 0.6) is 0 Å². The molecule has 3 rings (SSSR count). The number of amides is 1. The van der Waals surface area contributed by atoms with E-state index in [1.165, 1.54) is 12.1 Å². The summed E-state index contributed by atoms with van der Waals surface area (Å²) in [4.78, 5) is 21.1. The van der Waals surface area contributed by atoms with Gasteiger partial charge in [0.25, 0.3) is 5.91 Å². The monoisotopic (exact) mass is 391 g/mol. The lowest BCUT2D eigenvalue weighted by Gasteiger charge is -2.27. The van der Waals surface area contributed by atoms with Crippen LogP contribution in [0.3, 0.4) is 0 Å². The normalized spacial score (nSPS) is 10.8. The lowest BCUT2D eigenvalue weighted by molar-refractivity contribution is 0.0980. The predicted octanol–water partition coefficient (Wildman–Crippen LogP) is 5.16. The van der Waals surface area contributed by atoms with Crippen molar-refractivity contribution in [3.63, 3.8) is 0 Å². The van der Waals surface area contributed by atoms with Crippen molar-refractivity contribution in [3.8, 4) is 0 Å². The van der Waals surface area contributed by atoms with Crippen LogP contribution in [0.1, 0.15) is 29.8 Å². The van der Waals surface area contributed by atoms with Gasteiger partial charge in [0.05, 0.1) is 5.56 Å². The van der Waals surface area contributed by atoms with Gasteiger partial charge in [-0.2, -0.15) is 0 Å². The summed E-state index contributed by atoms with van der Waals surface area (Å²) in [6, 6.07) is 17.8. The molecule has 5 heteroatoms. The molecule has 0 aliphatic carbocycles. The highest BCUT2D eigenvalue weighted by molar-refractivity contribution is 6.06. The molecule has 0 fully saturated rings. The summed E-state index contributed by atoms with van der Waals surface area (Å²) in [5.41, 5.74) is 2.91. The van der Waals surface area contributed by atoms with Crippen LogP contribution in [0.25, 0.3) is 0 Å². The Morgan fingerprint density at radius 2 is 1.79 bits per heavy atom. The van der Waals surface area contributed by atoms with Gasteiger partial charge >= 0.3 is 0 Å². The maximum atomic E-state index is 14.2. The van der Waals surface area contributed by atoms with Gasteiger partial charge in [0, 0.05) is 43.9 Å². The van der Waals surface area contributed by atoms with Crippen LogP contribution < -0.4 is 9.80 Å². The molecular formula is C24H26FN3O. The van der Waals surface area contributed by atoms with Gasteiger partial charge in [-0.25, -0.2) is 4.39 Å². The van der Waals surface area contributed by atoms with Gasteiger partial charge < -0.3 is 9.80 Å². The number of hydrogen-bond acceptors (Lipinski definition) is 3. The molecule has 1 amide bonds. The molecule has 29 heavy (non-hydrogen) atoms. The second-order valence-corrected chi connectivity index (χ2v) is 7.53. The molecule has 0 radical (unpaired) electrons. The van der Waals surface area contributed by atoms with Gasteiger partial charge in [-0.05, 0) is 47.9 Å². The molecule has 0 unspecified atom stereocenters. The summed E-state index contributed by atoms with van der Waals surface area (Å²) in [5.74, 6) is -0.595. The van der Waals surface area contributed by atoms with Crippen LogP contribution in [0.2, 0.25) is 0 Å². The second-order valence-electron chi connectivity index (χ2n) is 7.53. The number of rotatable bonds is 7. The number of carbonyl (C=O) groups excluding carboxylic acids is 1. The zero-order chi connectivity index (χ0) is 20.8. The quantitative estimate of drug-likeness (QED) is 0.558. The minimum Gasteiger partial charge on any atom is -0.370 e. The molecule has 1 heterocycles. The summed E-state index contributed by atoms with van der Waals surface area (Å²) in [6.07, 6.45) is 3.59. The summed E-state index contributed by atoms with van der Waals surface area (Å²) in [5, 5.41) is 0. The van der Waals surface area contributed by atoms with Gasteiger partial charge in [0.1, 0.15) is 5.82 Å². The molecule has 0 saturated heterocycles. The fourth-order valence-electron chi connectivity index (χ4n) is 3.21. The van der Waals surface area contributed by atoms with Crippen LogP contribution in [-0.2, 0) is 6.54 Å². The fraction of sp³-hybridized carbons (Fsp3) is 0.250. The molecule has 1 aromatic heterocycles. The average Bonchev–Trinajstić information content (AvgIpc) is 2.72. The lowest BCUT2D eigenvalue weighted by Crippen LogP contribution is -2.35. The molecule has 0 N–H and O–H groups in total. The highest BCUT2D eigenvalue weighted by atomic mass is 19.1. The largest absolute Gasteiger partial charge is 0.370 e. The van der Waals surface area contributed by atoms with E-state index in [1.54, 1.807) is 23.2 Å². The van der Waals surface area contributed by atoms with Crippen molar-refractivity contribution in [1.29, 1.82) is 0 Å². The molecule has 3 aromatic rings. The molecule has 0 aliphatic heterocycles. The van der Waals surface area contributed by atoms with E-state index in [2.05, 4.69) is 9.88 Å². The van der Waals surface area contributed by atoms with E-state index in [9.17, 15) is 9.18 Å². The highest BCUT2D eigenvalue weighted by Gasteiger charge is 2.22. The minimum absolute atomic E-state index is 0.0854. The lowest BCUT2D eigenvalue weighted by atomic mass is 10.1. The first-order chi connectivity index (χ1) is 14.0. The Kier molecular flexibility index (Phi) is 6.60. The Balaban J connectivity index is 1.89. The molecule has 4 nitrogen and oxygen atoms in total. The van der Waals surface area contributed by atoms with Gasteiger partial charge in [0.15, 0.2) is 0 Å². The van der Waals surface area contributed by atoms with Crippen molar-refractivity contribution in [2.75, 3.05) is 23.4 Å². The first-order valence-electron chi connectivity index (χ1n) is 9.72. The first kappa shape index (κ1) is 20.5. The van der Waals surface area contributed by atoms with E-state index < -0.39 is 5.82 Å². The number of aromatic nitrogens is 1. The molecule has 0 atom stereocenters. The van der Waals surface area contributed by atoms with Gasteiger partial charge in [-0.15, -0.1) is 0 Å². The third-order valence-electron chi connectivity index (χ3n) is 4.62. The van der Waals surface area contributed by atoms with E-state index in [1.807, 2.05) is 63.5 Å². The number of nitrogens with zero attached hydrogens (tertiary/aromatic N) is 3. The third-order valence-corrected chi connectivity index (χ3v) is 4.62. The minimum atomic E-state index is -0.504. The zero-order valence-corrected chi connectivity index (χ0v) is 17.0. The van der Waals surface area contributed by atoms with Gasteiger partial charge in [-0.1, -0.05) is 38.1 Å². The molecule has 0 bridgehead atoms. The Morgan fingerprint density at radius 3 is 2.48 bits per heavy atom. The Hall–Kier alpha value is -3.21. The van der Waals surface area contributed by atoms with Crippen LogP contribution in [0.4, 0.5) is 15.8 Å². The fourth-order valence-corrected chi connectivity index (χ4v) is 3.21. The number of pyridine rings is 1. The third kappa shape index (κ3) is 5.19. The van der Waals surface area contributed by atoms with Crippen molar-refractivity contribution in [1.82, 2.24) is 4.98 Å². The van der Waals surface area contributed by atoms with Crippen molar-refractivity contribution >= 4 is 17.3 Å². The van der Waals surface area contributed by atoms with E-state index in [0.29, 0.717) is 13.1 Å². The van der Waals surface area contributed by atoms with Crippen LogP contribution in [0.15, 0.2) is 73.1 Å². The summed E-state index contributed by atoms with van der Waals surface area (Å²) >= 11 is 0. The Labute approximate surface area is 171 Å². The van der Waals surface area contributed by atoms with Crippen molar-refractivity contribution < 1.29 is 9.18 Å². The van der Waals surface area contributed by atoms with Gasteiger partial charge in [-0.3, -0.25) is 9.78 Å².